The second kappa shape index (κ2) is 7.74. The van der Waals surface area contributed by atoms with E-state index in [1.54, 1.807) is 18.7 Å². The molecule has 2 rings (SSSR count). The Morgan fingerprint density at radius 1 is 1.15 bits per heavy atom. The van der Waals surface area contributed by atoms with E-state index < -0.39 is 26.7 Å². The van der Waals surface area contributed by atoms with Gasteiger partial charge < -0.3 is 4.90 Å². The van der Waals surface area contributed by atoms with Crippen LogP contribution in [0, 0.1) is 5.92 Å². The number of hydrogen-bond acceptors (Lipinski definition) is 3. The van der Waals surface area contributed by atoms with Crippen LogP contribution in [0.4, 0.5) is 13.2 Å². The van der Waals surface area contributed by atoms with Crippen molar-refractivity contribution in [3.8, 4) is 0 Å². The molecule has 0 aliphatic carbocycles. The maximum absolute atomic E-state index is 12.9. The van der Waals surface area contributed by atoms with Gasteiger partial charge in [-0.3, -0.25) is 4.79 Å². The summed E-state index contributed by atoms with van der Waals surface area (Å²) in [6.45, 7) is 4.21. The second-order valence-electron chi connectivity index (χ2n) is 6.38. The lowest BCUT2D eigenvalue weighted by atomic mass is 10.2. The molecule has 146 valence electrons. The normalized spacial score (nSPS) is 17.4. The van der Waals surface area contributed by atoms with Crippen LogP contribution >= 0.6 is 11.6 Å². The van der Waals surface area contributed by atoms with Crippen molar-refractivity contribution in [2.75, 3.05) is 26.2 Å². The predicted molar refractivity (Wildman–Crippen MR) is 91.2 cm³/mol. The Hall–Kier alpha value is -1.32. The first-order valence-corrected chi connectivity index (χ1v) is 9.92. The molecule has 0 N–H and O–H groups in total. The molecule has 1 aliphatic heterocycles. The largest absolute Gasteiger partial charge is 0.416 e. The van der Waals surface area contributed by atoms with Crippen molar-refractivity contribution in [2.24, 2.45) is 5.92 Å². The summed E-state index contributed by atoms with van der Waals surface area (Å²) >= 11 is 5.87. The highest BCUT2D eigenvalue weighted by molar-refractivity contribution is 7.89. The van der Waals surface area contributed by atoms with Gasteiger partial charge in [0, 0.05) is 32.1 Å². The number of halogens is 4. The molecule has 26 heavy (non-hydrogen) atoms. The van der Waals surface area contributed by atoms with Gasteiger partial charge in [-0.15, -0.1) is 0 Å². The SMILES string of the molecule is CC(C)C(=O)N1CCCN(S(=O)(=O)c2cc(C(F)(F)F)ccc2Cl)CC1. The molecule has 0 atom stereocenters. The van der Waals surface area contributed by atoms with E-state index in [9.17, 15) is 26.4 Å². The van der Waals surface area contributed by atoms with Crippen LogP contribution in [0.5, 0.6) is 0 Å². The highest BCUT2D eigenvalue weighted by Crippen LogP contribution is 2.34. The molecule has 1 saturated heterocycles. The Morgan fingerprint density at radius 3 is 2.38 bits per heavy atom. The first kappa shape index (κ1) is 21.0. The maximum Gasteiger partial charge on any atom is 0.416 e. The Bertz CT molecular complexity index is 781. The third-order valence-corrected chi connectivity index (χ3v) is 6.52. The monoisotopic (exact) mass is 412 g/mol. The zero-order valence-electron chi connectivity index (χ0n) is 14.4. The number of amides is 1. The summed E-state index contributed by atoms with van der Waals surface area (Å²) in [4.78, 5) is 13.1. The van der Waals surface area contributed by atoms with Gasteiger partial charge in [0.1, 0.15) is 4.90 Å². The number of alkyl halides is 3. The molecule has 5 nitrogen and oxygen atoms in total. The van der Waals surface area contributed by atoms with Crippen LogP contribution in [-0.2, 0) is 21.0 Å². The average molecular weight is 413 g/mol. The molecule has 1 aliphatic rings. The van der Waals surface area contributed by atoms with E-state index in [4.69, 9.17) is 11.6 Å². The zero-order valence-corrected chi connectivity index (χ0v) is 16.0. The van der Waals surface area contributed by atoms with E-state index in [0.717, 1.165) is 16.4 Å². The van der Waals surface area contributed by atoms with E-state index in [1.165, 1.54) is 0 Å². The van der Waals surface area contributed by atoms with Crippen molar-refractivity contribution in [2.45, 2.75) is 31.3 Å². The number of nitrogens with zero attached hydrogens (tertiary/aromatic N) is 2. The van der Waals surface area contributed by atoms with E-state index in [2.05, 4.69) is 0 Å². The summed E-state index contributed by atoms with van der Waals surface area (Å²) in [7, 11) is -4.20. The van der Waals surface area contributed by atoms with E-state index in [1.807, 2.05) is 0 Å². The average Bonchev–Trinajstić information content (AvgIpc) is 2.79. The molecule has 0 radical (unpaired) electrons. The third-order valence-electron chi connectivity index (χ3n) is 4.14. The van der Waals surface area contributed by atoms with Crippen LogP contribution in [-0.4, -0.2) is 49.7 Å². The molecule has 0 saturated carbocycles. The molecular formula is C16H20ClF3N2O3S. The predicted octanol–water partition coefficient (Wildman–Crippen LogP) is 3.24. The van der Waals surface area contributed by atoms with Gasteiger partial charge in [0.05, 0.1) is 10.6 Å². The van der Waals surface area contributed by atoms with Crippen LogP contribution in [0.1, 0.15) is 25.8 Å². The third kappa shape index (κ3) is 4.50. The van der Waals surface area contributed by atoms with Crippen molar-refractivity contribution in [3.05, 3.63) is 28.8 Å². The van der Waals surface area contributed by atoms with E-state index in [-0.39, 0.29) is 36.5 Å². The van der Waals surface area contributed by atoms with Crippen molar-refractivity contribution in [3.63, 3.8) is 0 Å². The molecule has 1 aromatic carbocycles. The molecule has 1 fully saturated rings. The molecule has 10 heteroatoms. The van der Waals surface area contributed by atoms with Crippen LogP contribution in [0.2, 0.25) is 5.02 Å². The van der Waals surface area contributed by atoms with Crippen LogP contribution < -0.4 is 0 Å². The highest BCUT2D eigenvalue weighted by atomic mass is 35.5. The van der Waals surface area contributed by atoms with Gasteiger partial charge in [-0.05, 0) is 24.6 Å². The number of sulfonamides is 1. The smallest absolute Gasteiger partial charge is 0.341 e. The molecule has 1 amide bonds. The summed E-state index contributed by atoms with van der Waals surface area (Å²) in [6, 6.07) is 2.23. The fourth-order valence-corrected chi connectivity index (χ4v) is 4.71. The molecule has 0 aromatic heterocycles. The number of benzene rings is 1. The lowest BCUT2D eigenvalue weighted by Crippen LogP contribution is -2.39. The fourth-order valence-electron chi connectivity index (χ4n) is 2.74. The quantitative estimate of drug-likeness (QED) is 0.765. The summed E-state index contributed by atoms with van der Waals surface area (Å²) in [6.07, 6.45) is -4.28. The van der Waals surface area contributed by atoms with Crippen molar-refractivity contribution < 1.29 is 26.4 Å². The van der Waals surface area contributed by atoms with Crippen LogP contribution in [0.3, 0.4) is 0 Å². The summed E-state index contributed by atoms with van der Waals surface area (Å²) in [5.74, 6) is -0.294. The second-order valence-corrected chi connectivity index (χ2v) is 8.69. The molecule has 0 bridgehead atoms. The fraction of sp³-hybridized carbons (Fsp3) is 0.562. The Kier molecular flexibility index (Phi) is 6.24. The summed E-state index contributed by atoms with van der Waals surface area (Å²) < 4.78 is 65.5. The number of hydrogen-bond donors (Lipinski definition) is 0. The lowest BCUT2D eigenvalue weighted by Gasteiger charge is -2.23. The van der Waals surface area contributed by atoms with Crippen molar-refractivity contribution >= 4 is 27.5 Å². The van der Waals surface area contributed by atoms with Gasteiger partial charge >= 0.3 is 6.18 Å². The Morgan fingerprint density at radius 2 is 1.81 bits per heavy atom. The molecule has 1 heterocycles. The van der Waals surface area contributed by atoms with Gasteiger partial charge in [0.2, 0.25) is 15.9 Å². The molecular weight excluding hydrogens is 393 g/mol. The van der Waals surface area contributed by atoms with Gasteiger partial charge in [0.25, 0.3) is 0 Å². The minimum absolute atomic E-state index is 0.00731. The standard InChI is InChI=1S/C16H20ClF3N2O3S/c1-11(2)15(23)21-6-3-7-22(9-8-21)26(24,25)14-10-12(16(18,19)20)4-5-13(14)17/h4-5,10-11H,3,6-9H2,1-2H3. The van der Waals surface area contributed by atoms with E-state index >= 15 is 0 Å². The minimum Gasteiger partial charge on any atom is -0.341 e. The maximum atomic E-state index is 12.9. The lowest BCUT2D eigenvalue weighted by molar-refractivity contribution is -0.137. The molecule has 0 spiro atoms. The van der Waals surface area contributed by atoms with Crippen LogP contribution in [0.25, 0.3) is 0 Å². The van der Waals surface area contributed by atoms with Crippen LogP contribution in [0.15, 0.2) is 23.1 Å². The molecule has 0 unspecified atom stereocenters. The van der Waals surface area contributed by atoms with Crippen molar-refractivity contribution in [1.82, 2.24) is 9.21 Å². The van der Waals surface area contributed by atoms with Gasteiger partial charge in [0.15, 0.2) is 0 Å². The van der Waals surface area contributed by atoms with E-state index in [0.29, 0.717) is 19.0 Å². The highest BCUT2D eigenvalue weighted by Gasteiger charge is 2.35. The minimum atomic E-state index is -4.67. The van der Waals surface area contributed by atoms with Crippen molar-refractivity contribution in [1.29, 1.82) is 0 Å². The topological polar surface area (TPSA) is 57.7 Å². The zero-order chi connectivity index (χ0) is 19.7. The Balaban J connectivity index is 2.29. The first-order chi connectivity index (χ1) is 11.9. The van der Waals surface area contributed by atoms with Gasteiger partial charge in [-0.25, -0.2) is 8.42 Å². The number of carbonyl (C=O) groups is 1. The number of carbonyl (C=O) groups excluding carboxylic acids is 1. The Labute approximate surface area is 155 Å². The summed E-state index contributed by atoms with van der Waals surface area (Å²) in [5.41, 5.74) is -1.08. The van der Waals surface area contributed by atoms with Gasteiger partial charge in [-0.1, -0.05) is 25.4 Å². The first-order valence-electron chi connectivity index (χ1n) is 8.10. The molecule has 1 aromatic rings. The summed E-state index contributed by atoms with van der Waals surface area (Å²) in [5, 5.41) is -0.266. The van der Waals surface area contributed by atoms with Gasteiger partial charge in [-0.2, -0.15) is 17.5 Å². The number of rotatable bonds is 3.